The molecule has 1 saturated heterocycles. The molecule has 0 bridgehead atoms. The number of nitrogens with two attached hydrogens (primary N) is 1. The van der Waals surface area contributed by atoms with Crippen molar-refractivity contribution in [2.75, 3.05) is 26.2 Å². The monoisotopic (exact) mass is 317 g/mol. The minimum Gasteiger partial charge on any atom is -0.485 e. The van der Waals surface area contributed by atoms with Crippen LogP contribution in [0.2, 0.25) is 0 Å². The first-order valence-electron chi connectivity index (χ1n) is 8.01. The van der Waals surface area contributed by atoms with Crippen LogP contribution in [0.1, 0.15) is 25.3 Å². The van der Waals surface area contributed by atoms with Crippen LogP contribution in [-0.2, 0) is 16.1 Å². The van der Waals surface area contributed by atoms with Gasteiger partial charge in [-0.05, 0) is 6.07 Å². The van der Waals surface area contributed by atoms with Crippen molar-refractivity contribution in [3.63, 3.8) is 0 Å². The number of carbonyl (C=O) groups is 2. The van der Waals surface area contributed by atoms with Crippen molar-refractivity contribution in [2.45, 2.75) is 31.9 Å². The van der Waals surface area contributed by atoms with Crippen molar-refractivity contribution in [1.82, 2.24) is 9.80 Å². The average Bonchev–Trinajstić information content (AvgIpc) is 2.66. The van der Waals surface area contributed by atoms with E-state index in [9.17, 15) is 9.59 Å². The van der Waals surface area contributed by atoms with E-state index >= 15 is 0 Å². The van der Waals surface area contributed by atoms with Gasteiger partial charge in [0.15, 0.2) is 0 Å². The molecule has 23 heavy (non-hydrogen) atoms. The lowest BCUT2D eigenvalue weighted by Crippen LogP contribution is -2.54. The van der Waals surface area contributed by atoms with Gasteiger partial charge in [0.05, 0.1) is 13.1 Å². The summed E-state index contributed by atoms with van der Waals surface area (Å²) in [5.41, 5.74) is 5.94. The molecule has 6 nitrogen and oxygen atoms in total. The summed E-state index contributed by atoms with van der Waals surface area (Å²) in [5.74, 6) is 0.613. The summed E-state index contributed by atoms with van der Waals surface area (Å²) in [4.78, 5) is 27.0. The number of piperidine rings is 1. The molecule has 124 valence electrons. The maximum Gasteiger partial charge on any atom is 0.231 e. The van der Waals surface area contributed by atoms with Gasteiger partial charge in [-0.3, -0.25) is 14.5 Å². The Labute approximate surface area is 136 Å². The van der Waals surface area contributed by atoms with Gasteiger partial charge < -0.3 is 15.4 Å². The second-order valence-corrected chi connectivity index (χ2v) is 6.51. The number of nitrogens with zero attached hydrogens (tertiary/aromatic N) is 2. The molecule has 1 aromatic rings. The summed E-state index contributed by atoms with van der Waals surface area (Å²) >= 11 is 0. The number of hydrogen-bond donors (Lipinski definition) is 1. The second-order valence-electron chi connectivity index (χ2n) is 6.51. The van der Waals surface area contributed by atoms with Crippen molar-refractivity contribution >= 4 is 11.8 Å². The Balaban J connectivity index is 1.81. The molecule has 0 aliphatic carbocycles. The van der Waals surface area contributed by atoms with Crippen molar-refractivity contribution in [2.24, 2.45) is 5.73 Å². The van der Waals surface area contributed by atoms with Gasteiger partial charge in [0, 0.05) is 45.0 Å². The number of benzene rings is 1. The lowest BCUT2D eigenvalue weighted by atomic mass is 9.90. The molecule has 2 N–H and O–H groups in total. The predicted molar refractivity (Wildman–Crippen MR) is 85.8 cm³/mol. The van der Waals surface area contributed by atoms with Crippen molar-refractivity contribution in [3.8, 4) is 5.75 Å². The third-order valence-electron chi connectivity index (χ3n) is 4.73. The van der Waals surface area contributed by atoms with Crippen LogP contribution in [0.25, 0.3) is 0 Å². The van der Waals surface area contributed by atoms with Crippen LogP contribution in [0.4, 0.5) is 0 Å². The highest BCUT2D eigenvalue weighted by Gasteiger charge is 2.41. The Morgan fingerprint density at radius 3 is 2.61 bits per heavy atom. The molecule has 0 aromatic heterocycles. The molecule has 0 radical (unpaired) electrons. The van der Waals surface area contributed by atoms with Gasteiger partial charge in [0.2, 0.25) is 11.8 Å². The van der Waals surface area contributed by atoms with Crippen LogP contribution in [0, 0.1) is 0 Å². The molecule has 6 heteroatoms. The molecule has 0 unspecified atom stereocenters. The Morgan fingerprint density at radius 1 is 1.26 bits per heavy atom. The zero-order valence-corrected chi connectivity index (χ0v) is 13.5. The first-order chi connectivity index (χ1) is 11.0. The average molecular weight is 317 g/mol. The van der Waals surface area contributed by atoms with Gasteiger partial charge in [-0.1, -0.05) is 18.2 Å². The number of hydrogen-bond acceptors (Lipinski definition) is 4. The number of carbonyl (C=O) groups excluding carboxylic acids is 2. The summed E-state index contributed by atoms with van der Waals surface area (Å²) in [5, 5.41) is 0. The smallest absolute Gasteiger partial charge is 0.231 e. The summed E-state index contributed by atoms with van der Waals surface area (Å²) in [6.45, 7) is 4.54. The van der Waals surface area contributed by atoms with E-state index in [0.29, 0.717) is 13.1 Å². The normalized spacial score (nSPS) is 20.5. The molecule has 0 atom stereocenters. The lowest BCUT2D eigenvalue weighted by molar-refractivity contribution is -0.133. The fraction of sp³-hybridized carbons (Fsp3) is 0.529. The number of ether oxygens (including phenoxy) is 1. The third kappa shape index (κ3) is 3.47. The zero-order chi connectivity index (χ0) is 16.4. The molecule has 2 aliphatic rings. The standard InChI is InChI=1S/C17H23N3O3/c1-13(21)20-10-14-4-2-3-5-15(14)23-17(12-20)6-8-19(9-7-17)11-16(18)22/h2-5H,6-12H2,1H3,(H2,18,22). The van der Waals surface area contributed by atoms with Gasteiger partial charge >= 0.3 is 0 Å². The summed E-state index contributed by atoms with van der Waals surface area (Å²) in [7, 11) is 0. The molecule has 1 fully saturated rings. The number of amides is 2. The van der Waals surface area contributed by atoms with E-state index in [1.54, 1.807) is 6.92 Å². The topological polar surface area (TPSA) is 75.9 Å². The van der Waals surface area contributed by atoms with Gasteiger partial charge in [-0.25, -0.2) is 0 Å². The fourth-order valence-electron chi connectivity index (χ4n) is 3.43. The summed E-state index contributed by atoms with van der Waals surface area (Å²) in [6, 6.07) is 7.90. The number of fused-ring (bicyclic) bond motifs is 1. The molecular formula is C17H23N3O3. The lowest BCUT2D eigenvalue weighted by Gasteiger charge is -2.42. The van der Waals surface area contributed by atoms with Crippen LogP contribution < -0.4 is 10.5 Å². The van der Waals surface area contributed by atoms with Gasteiger partial charge in [0.25, 0.3) is 0 Å². The van der Waals surface area contributed by atoms with E-state index in [-0.39, 0.29) is 24.0 Å². The number of para-hydroxylation sites is 1. The van der Waals surface area contributed by atoms with Crippen LogP contribution >= 0.6 is 0 Å². The quantitative estimate of drug-likeness (QED) is 0.873. The Morgan fingerprint density at radius 2 is 1.96 bits per heavy atom. The van der Waals surface area contributed by atoms with E-state index in [1.165, 1.54) is 0 Å². The van der Waals surface area contributed by atoms with Crippen LogP contribution in [0.5, 0.6) is 5.75 Å². The fourth-order valence-corrected chi connectivity index (χ4v) is 3.43. The Hall–Kier alpha value is -2.08. The molecule has 2 heterocycles. The molecule has 1 aromatic carbocycles. The molecule has 1 spiro atoms. The van der Waals surface area contributed by atoms with E-state index < -0.39 is 0 Å². The number of primary amides is 1. The Kier molecular flexibility index (Phi) is 4.26. The van der Waals surface area contributed by atoms with Crippen molar-refractivity contribution < 1.29 is 14.3 Å². The maximum atomic E-state index is 12.0. The molecular weight excluding hydrogens is 294 g/mol. The Bertz CT molecular complexity index is 609. The van der Waals surface area contributed by atoms with E-state index in [2.05, 4.69) is 0 Å². The largest absolute Gasteiger partial charge is 0.485 e. The van der Waals surface area contributed by atoms with E-state index in [0.717, 1.165) is 37.2 Å². The first-order valence-corrected chi connectivity index (χ1v) is 8.01. The highest BCUT2D eigenvalue weighted by molar-refractivity contribution is 5.76. The van der Waals surface area contributed by atoms with E-state index in [4.69, 9.17) is 10.5 Å². The van der Waals surface area contributed by atoms with Crippen molar-refractivity contribution in [1.29, 1.82) is 0 Å². The van der Waals surface area contributed by atoms with Crippen molar-refractivity contribution in [3.05, 3.63) is 29.8 Å². The number of rotatable bonds is 2. The third-order valence-corrected chi connectivity index (χ3v) is 4.73. The minimum absolute atomic E-state index is 0.0595. The molecule has 3 rings (SSSR count). The van der Waals surface area contributed by atoms with E-state index in [1.807, 2.05) is 34.1 Å². The van der Waals surface area contributed by atoms with Gasteiger partial charge in [-0.15, -0.1) is 0 Å². The zero-order valence-electron chi connectivity index (χ0n) is 13.5. The predicted octanol–water partition coefficient (Wildman–Crippen LogP) is 0.747. The van der Waals surface area contributed by atoms with Crippen LogP contribution in [-0.4, -0.2) is 53.4 Å². The second kappa shape index (κ2) is 6.20. The minimum atomic E-state index is -0.383. The molecule has 2 amide bonds. The first kappa shape index (κ1) is 15.8. The van der Waals surface area contributed by atoms with Gasteiger partial charge in [0.1, 0.15) is 11.4 Å². The molecule has 2 aliphatic heterocycles. The maximum absolute atomic E-state index is 12.0. The van der Waals surface area contributed by atoms with Crippen LogP contribution in [0.3, 0.4) is 0 Å². The van der Waals surface area contributed by atoms with Gasteiger partial charge in [-0.2, -0.15) is 0 Å². The van der Waals surface area contributed by atoms with Crippen LogP contribution in [0.15, 0.2) is 24.3 Å². The highest BCUT2D eigenvalue weighted by atomic mass is 16.5. The number of likely N-dealkylation sites (tertiary alicyclic amines) is 1. The summed E-state index contributed by atoms with van der Waals surface area (Å²) < 4.78 is 6.38. The SMILES string of the molecule is CC(=O)N1Cc2ccccc2OC2(CCN(CC(N)=O)CC2)C1. The molecule has 0 saturated carbocycles. The summed E-state index contributed by atoms with van der Waals surface area (Å²) in [6.07, 6.45) is 1.55. The highest BCUT2D eigenvalue weighted by Crippen LogP contribution is 2.35.